The Labute approximate surface area is 138 Å². The lowest BCUT2D eigenvalue weighted by molar-refractivity contribution is 0.0953. The molecule has 2 aromatic rings. The first-order chi connectivity index (χ1) is 11.7. The Morgan fingerprint density at radius 3 is 2.58 bits per heavy atom. The van der Waals surface area contributed by atoms with Crippen LogP contribution in [-0.2, 0) is 4.74 Å². The molecule has 0 unspecified atom stereocenters. The van der Waals surface area contributed by atoms with Crippen LogP contribution in [0.15, 0.2) is 36.4 Å². The van der Waals surface area contributed by atoms with Crippen LogP contribution in [0.2, 0.25) is 0 Å². The summed E-state index contributed by atoms with van der Waals surface area (Å²) in [6, 6.07) is 10.7. The van der Waals surface area contributed by atoms with Crippen LogP contribution in [0.1, 0.15) is 22.0 Å². The third-order valence-corrected chi connectivity index (χ3v) is 4.14. The van der Waals surface area contributed by atoms with Crippen molar-refractivity contribution >= 4 is 5.78 Å². The minimum atomic E-state index is -0.497. The summed E-state index contributed by atoms with van der Waals surface area (Å²) in [5.41, 5.74) is 1.43. The molecule has 1 saturated heterocycles. The Kier molecular flexibility index (Phi) is 3.54. The number of Topliss-reactive ketones (excluding diaryl/α,β-unsaturated/α-hetero) is 1. The number of rotatable bonds is 5. The number of fused-ring (bicyclic) bond motifs is 1. The SMILES string of the molecule is COc1ccc(C(=O)[C@@H]2O[C@@H]2c2ccc3c(c2)OCO3)cc1OC. The van der Waals surface area contributed by atoms with Gasteiger partial charge in [0, 0.05) is 5.56 Å². The third kappa shape index (κ3) is 2.45. The highest BCUT2D eigenvalue weighted by molar-refractivity contribution is 6.02. The van der Waals surface area contributed by atoms with Gasteiger partial charge < -0.3 is 23.7 Å². The fraction of sp³-hybridized carbons (Fsp3) is 0.278. The summed E-state index contributed by atoms with van der Waals surface area (Å²) in [6.07, 6.45) is -0.761. The van der Waals surface area contributed by atoms with Gasteiger partial charge in [-0.3, -0.25) is 4.79 Å². The number of epoxide rings is 1. The fourth-order valence-corrected chi connectivity index (χ4v) is 2.81. The molecule has 6 nitrogen and oxygen atoms in total. The van der Waals surface area contributed by atoms with Gasteiger partial charge in [0.1, 0.15) is 6.10 Å². The monoisotopic (exact) mass is 328 g/mol. The van der Waals surface area contributed by atoms with Crippen molar-refractivity contribution in [3.05, 3.63) is 47.5 Å². The van der Waals surface area contributed by atoms with Gasteiger partial charge >= 0.3 is 0 Å². The molecule has 0 amide bonds. The van der Waals surface area contributed by atoms with Crippen molar-refractivity contribution in [2.24, 2.45) is 0 Å². The molecule has 124 valence electrons. The van der Waals surface area contributed by atoms with Crippen molar-refractivity contribution in [1.82, 2.24) is 0 Å². The van der Waals surface area contributed by atoms with Gasteiger partial charge in [-0.1, -0.05) is 6.07 Å². The average Bonchev–Trinajstić information content (AvgIpc) is 3.29. The number of hydrogen-bond donors (Lipinski definition) is 0. The first-order valence-corrected chi connectivity index (χ1v) is 7.52. The standard InChI is InChI=1S/C18H16O6/c1-20-12-5-3-10(7-14(12)21-2)16(19)18-17(24-18)11-4-6-13-15(8-11)23-9-22-13/h3-8,17-18H,9H2,1-2H3/t17-,18+/m1/s1. The molecule has 4 rings (SSSR count). The van der Waals surface area contributed by atoms with Crippen molar-refractivity contribution in [2.75, 3.05) is 21.0 Å². The zero-order chi connectivity index (χ0) is 16.7. The van der Waals surface area contributed by atoms with E-state index < -0.39 is 6.10 Å². The lowest BCUT2D eigenvalue weighted by Crippen LogP contribution is -2.08. The fourth-order valence-electron chi connectivity index (χ4n) is 2.81. The molecule has 2 aromatic carbocycles. The summed E-state index contributed by atoms with van der Waals surface area (Å²) in [6.45, 7) is 0.221. The van der Waals surface area contributed by atoms with Crippen molar-refractivity contribution < 1.29 is 28.5 Å². The van der Waals surface area contributed by atoms with Gasteiger partial charge in [0.2, 0.25) is 6.79 Å². The molecule has 2 aliphatic heterocycles. The van der Waals surface area contributed by atoms with Crippen molar-refractivity contribution in [1.29, 1.82) is 0 Å². The van der Waals surface area contributed by atoms with Crippen LogP contribution in [0.3, 0.4) is 0 Å². The number of benzene rings is 2. The van der Waals surface area contributed by atoms with Crippen LogP contribution in [0.5, 0.6) is 23.0 Å². The zero-order valence-electron chi connectivity index (χ0n) is 13.3. The maximum Gasteiger partial charge on any atom is 0.231 e. The second kappa shape index (κ2) is 5.72. The summed E-state index contributed by atoms with van der Waals surface area (Å²) in [7, 11) is 3.09. The second-order valence-corrected chi connectivity index (χ2v) is 5.52. The van der Waals surface area contributed by atoms with E-state index in [2.05, 4.69) is 0 Å². The van der Waals surface area contributed by atoms with E-state index in [-0.39, 0.29) is 18.7 Å². The van der Waals surface area contributed by atoms with Crippen LogP contribution in [-0.4, -0.2) is 32.9 Å². The van der Waals surface area contributed by atoms with Gasteiger partial charge in [0.25, 0.3) is 0 Å². The first-order valence-electron chi connectivity index (χ1n) is 7.52. The molecule has 1 fully saturated rings. The predicted octanol–water partition coefficient (Wildman–Crippen LogP) is 2.76. The van der Waals surface area contributed by atoms with Gasteiger partial charge in [-0.05, 0) is 35.9 Å². The van der Waals surface area contributed by atoms with Gasteiger partial charge in [0.05, 0.1) is 14.2 Å². The second-order valence-electron chi connectivity index (χ2n) is 5.52. The summed E-state index contributed by atoms with van der Waals surface area (Å²) >= 11 is 0. The summed E-state index contributed by atoms with van der Waals surface area (Å²) in [5, 5.41) is 0. The minimum Gasteiger partial charge on any atom is -0.493 e. The average molecular weight is 328 g/mol. The Bertz CT molecular complexity index is 800. The number of methoxy groups -OCH3 is 2. The Morgan fingerprint density at radius 1 is 1.00 bits per heavy atom. The van der Waals surface area contributed by atoms with Crippen LogP contribution in [0.4, 0.5) is 0 Å². The maximum absolute atomic E-state index is 12.6. The van der Waals surface area contributed by atoms with E-state index >= 15 is 0 Å². The lowest BCUT2D eigenvalue weighted by atomic mass is 10.0. The number of ketones is 1. The first kappa shape index (κ1) is 14.8. The zero-order valence-corrected chi connectivity index (χ0v) is 13.3. The molecule has 2 atom stereocenters. The molecule has 0 spiro atoms. The quantitative estimate of drug-likeness (QED) is 0.621. The normalized spacial score (nSPS) is 20.6. The van der Waals surface area contributed by atoms with Crippen LogP contribution in [0.25, 0.3) is 0 Å². The van der Waals surface area contributed by atoms with E-state index in [0.717, 1.165) is 5.56 Å². The van der Waals surface area contributed by atoms with Crippen molar-refractivity contribution in [2.45, 2.75) is 12.2 Å². The summed E-state index contributed by atoms with van der Waals surface area (Å²) < 4.78 is 26.7. The highest BCUT2D eigenvalue weighted by atomic mass is 16.7. The highest BCUT2D eigenvalue weighted by Gasteiger charge is 2.46. The third-order valence-electron chi connectivity index (χ3n) is 4.14. The Balaban J connectivity index is 1.53. The summed E-state index contributed by atoms with van der Waals surface area (Å²) in [5.74, 6) is 2.41. The molecule has 2 aliphatic rings. The van der Waals surface area contributed by atoms with Gasteiger partial charge in [0.15, 0.2) is 34.9 Å². The maximum atomic E-state index is 12.6. The van der Waals surface area contributed by atoms with Gasteiger partial charge in [-0.15, -0.1) is 0 Å². The predicted molar refractivity (Wildman–Crippen MR) is 84.1 cm³/mol. The van der Waals surface area contributed by atoms with Crippen molar-refractivity contribution in [3.8, 4) is 23.0 Å². The molecule has 24 heavy (non-hydrogen) atoms. The van der Waals surface area contributed by atoms with Crippen LogP contribution >= 0.6 is 0 Å². The number of hydrogen-bond acceptors (Lipinski definition) is 6. The lowest BCUT2D eigenvalue weighted by Gasteiger charge is -2.08. The van der Waals surface area contributed by atoms with E-state index in [1.165, 1.54) is 7.11 Å². The largest absolute Gasteiger partial charge is 0.493 e. The molecule has 6 heteroatoms. The minimum absolute atomic E-state index is 0.0846. The molecule has 0 bridgehead atoms. The molecule has 0 aliphatic carbocycles. The molecule has 0 N–H and O–H groups in total. The van der Waals surface area contributed by atoms with E-state index in [4.69, 9.17) is 23.7 Å². The van der Waals surface area contributed by atoms with Crippen molar-refractivity contribution in [3.63, 3.8) is 0 Å². The molecule has 0 radical (unpaired) electrons. The van der Waals surface area contributed by atoms with Crippen LogP contribution < -0.4 is 18.9 Å². The molecule has 0 saturated carbocycles. The van der Waals surface area contributed by atoms with E-state index in [9.17, 15) is 4.79 Å². The topological polar surface area (TPSA) is 66.5 Å². The molecular formula is C18H16O6. The van der Waals surface area contributed by atoms with E-state index in [1.807, 2.05) is 18.2 Å². The number of carbonyl (C=O) groups is 1. The van der Waals surface area contributed by atoms with E-state index in [1.54, 1.807) is 25.3 Å². The van der Waals surface area contributed by atoms with Gasteiger partial charge in [-0.2, -0.15) is 0 Å². The van der Waals surface area contributed by atoms with E-state index in [0.29, 0.717) is 28.6 Å². The Hall–Kier alpha value is -2.73. The molecular weight excluding hydrogens is 312 g/mol. The smallest absolute Gasteiger partial charge is 0.231 e. The summed E-state index contributed by atoms with van der Waals surface area (Å²) in [4.78, 5) is 12.6. The molecule has 2 heterocycles. The van der Waals surface area contributed by atoms with Crippen LogP contribution in [0, 0.1) is 0 Å². The highest BCUT2D eigenvalue weighted by Crippen LogP contribution is 2.44. The van der Waals surface area contributed by atoms with Gasteiger partial charge in [-0.25, -0.2) is 0 Å². The Morgan fingerprint density at radius 2 is 1.79 bits per heavy atom. The number of ether oxygens (including phenoxy) is 5. The molecule has 0 aromatic heterocycles. The number of carbonyl (C=O) groups excluding carboxylic acids is 1.